The van der Waals surface area contributed by atoms with E-state index in [1.165, 1.54) is 0 Å². The SMILES string of the molecule is COc1ccc2cc(C(=O)NC(CCOC(C)(C)C)C(=O)O)c(C)nc2c1. The predicted octanol–water partition coefficient (Wildman–Crippen LogP) is 2.94. The number of benzene rings is 1. The second-order valence-corrected chi connectivity index (χ2v) is 7.29. The number of hydrogen-bond donors (Lipinski definition) is 2. The molecule has 0 aliphatic carbocycles. The van der Waals surface area contributed by atoms with Crippen molar-refractivity contribution in [2.75, 3.05) is 13.7 Å². The molecule has 1 aromatic heterocycles. The molecular formula is C20H26N2O5. The maximum atomic E-state index is 12.6. The van der Waals surface area contributed by atoms with Crippen LogP contribution in [0, 0.1) is 6.92 Å². The Labute approximate surface area is 158 Å². The summed E-state index contributed by atoms with van der Waals surface area (Å²) in [7, 11) is 1.57. The van der Waals surface area contributed by atoms with Crippen LogP contribution in [0.25, 0.3) is 10.9 Å². The van der Waals surface area contributed by atoms with Crippen LogP contribution < -0.4 is 10.1 Å². The minimum atomic E-state index is -1.10. The van der Waals surface area contributed by atoms with Crippen LogP contribution in [-0.4, -0.2) is 47.3 Å². The smallest absolute Gasteiger partial charge is 0.326 e. The van der Waals surface area contributed by atoms with Gasteiger partial charge >= 0.3 is 5.97 Å². The van der Waals surface area contributed by atoms with Gasteiger partial charge in [0, 0.05) is 24.5 Å². The molecule has 1 atom stereocenters. The Morgan fingerprint density at radius 3 is 2.56 bits per heavy atom. The predicted molar refractivity (Wildman–Crippen MR) is 102 cm³/mol. The summed E-state index contributed by atoms with van der Waals surface area (Å²) in [4.78, 5) is 28.6. The van der Waals surface area contributed by atoms with E-state index >= 15 is 0 Å². The largest absolute Gasteiger partial charge is 0.497 e. The molecular weight excluding hydrogens is 348 g/mol. The minimum absolute atomic E-state index is 0.176. The third-order valence-electron chi connectivity index (χ3n) is 4.01. The van der Waals surface area contributed by atoms with Crippen molar-refractivity contribution in [2.45, 2.75) is 45.8 Å². The number of ether oxygens (including phenoxy) is 2. The van der Waals surface area contributed by atoms with E-state index in [1.807, 2.05) is 26.8 Å². The molecule has 0 radical (unpaired) electrons. The normalized spacial score (nSPS) is 12.6. The van der Waals surface area contributed by atoms with Gasteiger partial charge in [0.25, 0.3) is 5.91 Å². The first-order valence-corrected chi connectivity index (χ1v) is 8.74. The molecule has 0 aliphatic heterocycles. The molecule has 1 heterocycles. The molecule has 2 N–H and O–H groups in total. The number of nitrogens with one attached hydrogen (secondary N) is 1. The van der Waals surface area contributed by atoms with Crippen LogP contribution in [0.4, 0.5) is 0 Å². The third kappa shape index (κ3) is 5.65. The summed E-state index contributed by atoms with van der Waals surface area (Å²) in [5.74, 6) is -0.894. The van der Waals surface area contributed by atoms with Crippen molar-refractivity contribution in [3.8, 4) is 5.75 Å². The standard InChI is InChI=1S/C20H26N2O5/c1-12-15(10-13-6-7-14(26-5)11-17(13)21-12)18(23)22-16(19(24)25)8-9-27-20(2,3)4/h6-7,10-11,16H,8-9H2,1-5H3,(H,22,23)(H,24,25). The van der Waals surface area contributed by atoms with Gasteiger partial charge in [-0.05, 0) is 45.9 Å². The van der Waals surface area contributed by atoms with Crippen molar-refractivity contribution < 1.29 is 24.2 Å². The molecule has 1 amide bonds. The van der Waals surface area contributed by atoms with Crippen molar-refractivity contribution >= 4 is 22.8 Å². The average molecular weight is 374 g/mol. The highest BCUT2D eigenvalue weighted by Crippen LogP contribution is 2.22. The fourth-order valence-electron chi connectivity index (χ4n) is 2.58. The number of aryl methyl sites for hydroxylation is 1. The third-order valence-corrected chi connectivity index (χ3v) is 4.01. The van der Waals surface area contributed by atoms with E-state index in [-0.39, 0.29) is 18.6 Å². The van der Waals surface area contributed by atoms with Gasteiger partial charge in [0.05, 0.1) is 29.5 Å². The number of rotatable bonds is 7. The second kappa shape index (κ2) is 8.35. The number of nitrogens with zero attached hydrogens (tertiary/aromatic N) is 1. The molecule has 0 spiro atoms. The monoisotopic (exact) mass is 374 g/mol. The van der Waals surface area contributed by atoms with Crippen LogP contribution in [0.15, 0.2) is 24.3 Å². The van der Waals surface area contributed by atoms with Crippen LogP contribution in [0.3, 0.4) is 0 Å². The molecule has 27 heavy (non-hydrogen) atoms. The van der Waals surface area contributed by atoms with Gasteiger partial charge in [0.1, 0.15) is 11.8 Å². The van der Waals surface area contributed by atoms with Gasteiger partial charge in [-0.2, -0.15) is 0 Å². The van der Waals surface area contributed by atoms with E-state index in [1.54, 1.807) is 32.2 Å². The van der Waals surface area contributed by atoms with Gasteiger partial charge in [-0.15, -0.1) is 0 Å². The Morgan fingerprint density at radius 2 is 1.96 bits per heavy atom. The van der Waals surface area contributed by atoms with Crippen molar-refractivity contribution in [1.82, 2.24) is 10.3 Å². The number of amides is 1. The number of methoxy groups -OCH3 is 1. The lowest BCUT2D eigenvalue weighted by molar-refractivity contribution is -0.140. The number of carbonyl (C=O) groups excluding carboxylic acids is 1. The van der Waals surface area contributed by atoms with Crippen molar-refractivity contribution in [3.05, 3.63) is 35.5 Å². The number of carbonyl (C=O) groups is 2. The van der Waals surface area contributed by atoms with Crippen LogP contribution in [-0.2, 0) is 9.53 Å². The summed E-state index contributed by atoms with van der Waals surface area (Å²) >= 11 is 0. The molecule has 0 bridgehead atoms. The number of aliphatic carboxylic acids is 1. The van der Waals surface area contributed by atoms with Crippen LogP contribution in [0.2, 0.25) is 0 Å². The highest BCUT2D eigenvalue weighted by molar-refractivity contribution is 6.00. The second-order valence-electron chi connectivity index (χ2n) is 7.29. The molecule has 0 saturated carbocycles. The van der Waals surface area contributed by atoms with E-state index in [9.17, 15) is 14.7 Å². The fourth-order valence-corrected chi connectivity index (χ4v) is 2.58. The zero-order chi connectivity index (χ0) is 20.2. The summed E-state index contributed by atoms with van der Waals surface area (Å²) in [6.45, 7) is 7.61. The first-order chi connectivity index (χ1) is 12.6. The highest BCUT2D eigenvalue weighted by atomic mass is 16.5. The minimum Gasteiger partial charge on any atom is -0.497 e. The number of carboxylic acids is 1. The number of hydrogen-bond acceptors (Lipinski definition) is 5. The summed E-state index contributed by atoms with van der Waals surface area (Å²) in [5, 5.41) is 12.7. The van der Waals surface area contributed by atoms with Gasteiger partial charge in [-0.25, -0.2) is 4.79 Å². The molecule has 1 unspecified atom stereocenters. The van der Waals surface area contributed by atoms with Crippen LogP contribution >= 0.6 is 0 Å². The van der Waals surface area contributed by atoms with Crippen molar-refractivity contribution in [2.24, 2.45) is 0 Å². The molecule has 1 aromatic carbocycles. The molecule has 0 saturated heterocycles. The Kier molecular flexibility index (Phi) is 6.38. The lowest BCUT2D eigenvalue weighted by atomic mass is 10.1. The Hall–Kier alpha value is -2.67. The zero-order valence-electron chi connectivity index (χ0n) is 16.3. The quantitative estimate of drug-likeness (QED) is 0.773. The van der Waals surface area contributed by atoms with Gasteiger partial charge in [0.15, 0.2) is 0 Å². The van der Waals surface area contributed by atoms with E-state index in [4.69, 9.17) is 9.47 Å². The summed E-state index contributed by atoms with van der Waals surface area (Å²) in [6, 6.07) is 6.05. The van der Waals surface area contributed by atoms with Gasteiger partial charge < -0.3 is 19.9 Å². The lowest BCUT2D eigenvalue weighted by Crippen LogP contribution is -2.42. The zero-order valence-corrected chi connectivity index (χ0v) is 16.3. The number of fused-ring (bicyclic) bond motifs is 1. The highest BCUT2D eigenvalue weighted by Gasteiger charge is 2.23. The number of carboxylic acid groups (broad SMARTS) is 1. The molecule has 2 rings (SSSR count). The summed E-state index contributed by atoms with van der Waals surface area (Å²) in [5.41, 5.74) is 1.20. The van der Waals surface area contributed by atoms with Crippen molar-refractivity contribution in [3.63, 3.8) is 0 Å². The molecule has 7 heteroatoms. The van der Waals surface area contributed by atoms with Gasteiger partial charge in [-0.3, -0.25) is 9.78 Å². The molecule has 0 aliphatic rings. The van der Waals surface area contributed by atoms with Gasteiger partial charge in [0.2, 0.25) is 0 Å². The first kappa shape index (κ1) is 20.6. The molecule has 7 nitrogen and oxygen atoms in total. The summed E-state index contributed by atoms with van der Waals surface area (Å²) in [6.07, 6.45) is 0.176. The maximum absolute atomic E-state index is 12.6. The van der Waals surface area contributed by atoms with Gasteiger partial charge in [-0.1, -0.05) is 0 Å². The average Bonchev–Trinajstić information content (AvgIpc) is 2.58. The number of pyridine rings is 1. The lowest BCUT2D eigenvalue weighted by Gasteiger charge is -2.21. The number of aromatic nitrogens is 1. The molecule has 146 valence electrons. The Balaban J connectivity index is 2.17. The van der Waals surface area contributed by atoms with E-state index in [2.05, 4.69) is 10.3 Å². The Bertz CT molecular complexity index is 842. The van der Waals surface area contributed by atoms with Crippen LogP contribution in [0.5, 0.6) is 5.75 Å². The van der Waals surface area contributed by atoms with E-state index < -0.39 is 17.9 Å². The fraction of sp³-hybridized carbons (Fsp3) is 0.450. The van der Waals surface area contributed by atoms with E-state index in [0.29, 0.717) is 22.5 Å². The van der Waals surface area contributed by atoms with E-state index in [0.717, 1.165) is 5.39 Å². The van der Waals surface area contributed by atoms with Crippen LogP contribution in [0.1, 0.15) is 43.2 Å². The maximum Gasteiger partial charge on any atom is 0.326 e. The summed E-state index contributed by atoms with van der Waals surface area (Å²) < 4.78 is 10.7. The van der Waals surface area contributed by atoms with Crippen molar-refractivity contribution in [1.29, 1.82) is 0 Å². The first-order valence-electron chi connectivity index (χ1n) is 8.74. The molecule has 2 aromatic rings. The molecule has 0 fully saturated rings. The topological polar surface area (TPSA) is 97.8 Å². The Morgan fingerprint density at radius 1 is 1.26 bits per heavy atom.